The van der Waals surface area contributed by atoms with E-state index in [0.29, 0.717) is 30.2 Å². The van der Waals surface area contributed by atoms with Gasteiger partial charge in [0.05, 0.1) is 47.4 Å². The smallest absolute Gasteiger partial charge is 0.256 e. The van der Waals surface area contributed by atoms with Crippen LogP contribution >= 0.6 is 0 Å². The molecule has 3 heterocycles. The van der Waals surface area contributed by atoms with Crippen molar-refractivity contribution in [3.05, 3.63) is 60.2 Å². The molecular weight excluding hydrogens is 418 g/mol. The fourth-order valence-corrected chi connectivity index (χ4v) is 3.39. The molecule has 0 spiro atoms. The molecule has 1 N–H and O–H groups in total. The molecule has 3 aromatic rings. The van der Waals surface area contributed by atoms with E-state index in [-0.39, 0.29) is 22.7 Å². The second-order valence-corrected chi connectivity index (χ2v) is 7.50. The molecule has 32 heavy (non-hydrogen) atoms. The molecule has 10 heteroatoms. The molecular formula is C22H20F2N6O2. The third-order valence-corrected chi connectivity index (χ3v) is 5.00. The second kappa shape index (κ2) is 8.66. The van der Waals surface area contributed by atoms with Crippen LogP contribution in [0.2, 0.25) is 0 Å². The monoisotopic (exact) mass is 438 g/mol. The molecule has 164 valence electrons. The Kier molecular flexibility index (Phi) is 5.76. The summed E-state index contributed by atoms with van der Waals surface area (Å²) < 4.78 is 28.9. The Bertz CT molecular complexity index is 1180. The number of carbonyl (C=O) groups is 2. The molecule has 1 saturated heterocycles. The Morgan fingerprint density at radius 2 is 1.88 bits per heavy atom. The van der Waals surface area contributed by atoms with Crippen molar-refractivity contribution in [2.24, 2.45) is 0 Å². The van der Waals surface area contributed by atoms with E-state index in [9.17, 15) is 18.4 Å². The van der Waals surface area contributed by atoms with Crippen molar-refractivity contribution in [1.82, 2.24) is 19.9 Å². The van der Waals surface area contributed by atoms with Crippen molar-refractivity contribution in [2.75, 3.05) is 30.9 Å². The molecule has 1 aliphatic heterocycles. The number of aromatic nitrogens is 3. The Morgan fingerprint density at radius 3 is 2.53 bits per heavy atom. The number of pyridine rings is 1. The van der Waals surface area contributed by atoms with Gasteiger partial charge in [-0.15, -0.1) is 0 Å². The van der Waals surface area contributed by atoms with Gasteiger partial charge in [-0.3, -0.25) is 19.6 Å². The Labute approximate surface area is 182 Å². The first-order valence-corrected chi connectivity index (χ1v) is 9.89. The van der Waals surface area contributed by atoms with Crippen LogP contribution < -0.4 is 10.2 Å². The number of carbonyl (C=O) groups excluding carboxylic acids is 2. The van der Waals surface area contributed by atoms with Crippen molar-refractivity contribution < 1.29 is 18.4 Å². The molecule has 2 aromatic heterocycles. The molecule has 2 amide bonds. The number of anilines is 3. The molecule has 4 rings (SSSR count). The third-order valence-electron chi connectivity index (χ3n) is 5.00. The van der Waals surface area contributed by atoms with Gasteiger partial charge in [-0.25, -0.2) is 13.8 Å². The van der Waals surface area contributed by atoms with Crippen LogP contribution in [0.3, 0.4) is 0 Å². The summed E-state index contributed by atoms with van der Waals surface area (Å²) in [4.78, 5) is 39.3. The molecule has 1 aromatic carbocycles. The molecule has 0 unspecified atom stereocenters. The molecule has 0 aliphatic carbocycles. The highest BCUT2D eigenvalue weighted by atomic mass is 19.1. The van der Waals surface area contributed by atoms with Crippen LogP contribution in [0.1, 0.15) is 23.2 Å². The lowest BCUT2D eigenvalue weighted by molar-refractivity contribution is -0.117. The minimum Gasteiger partial charge on any atom is -0.345 e. The lowest BCUT2D eigenvalue weighted by Crippen LogP contribution is -2.23. The summed E-state index contributed by atoms with van der Waals surface area (Å²) in [6.07, 6.45) is 7.20. The van der Waals surface area contributed by atoms with Gasteiger partial charge in [0.25, 0.3) is 5.91 Å². The van der Waals surface area contributed by atoms with E-state index in [4.69, 9.17) is 0 Å². The molecule has 0 atom stereocenters. The van der Waals surface area contributed by atoms with Crippen LogP contribution in [0, 0.1) is 11.6 Å². The molecule has 0 radical (unpaired) electrons. The highest BCUT2D eigenvalue weighted by Crippen LogP contribution is 2.27. The van der Waals surface area contributed by atoms with E-state index in [1.165, 1.54) is 31.4 Å². The van der Waals surface area contributed by atoms with Gasteiger partial charge in [-0.05, 0) is 24.6 Å². The maximum absolute atomic E-state index is 14.5. The van der Waals surface area contributed by atoms with Crippen LogP contribution in [0.25, 0.3) is 11.3 Å². The Balaban J connectivity index is 1.54. The molecule has 0 bridgehead atoms. The largest absolute Gasteiger partial charge is 0.345 e. The van der Waals surface area contributed by atoms with E-state index >= 15 is 0 Å². The van der Waals surface area contributed by atoms with Crippen molar-refractivity contribution >= 4 is 29.0 Å². The lowest BCUT2D eigenvalue weighted by atomic mass is 10.1. The normalized spacial score (nSPS) is 13.4. The van der Waals surface area contributed by atoms with Gasteiger partial charge in [0.15, 0.2) is 0 Å². The predicted octanol–water partition coefficient (Wildman–Crippen LogP) is 3.39. The topological polar surface area (TPSA) is 91.3 Å². The first kappa shape index (κ1) is 21.3. The fourth-order valence-electron chi connectivity index (χ4n) is 3.39. The quantitative estimate of drug-likeness (QED) is 0.657. The highest BCUT2D eigenvalue weighted by molar-refractivity contribution is 5.96. The fraction of sp³-hybridized carbons (Fsp3) is 0.227. The third kappa shape index (κ3) is 4.25. The zero-order valence-corrected chi connectivity index (χ0v) is 17.5. The Hall–Kier alpha value is -3.95. The lowest BCUT2D eigenvalue weighted by Gasteiger charge is -2.16. The number of amides is 2. The van der Waals surface area contributed by atoms with E-state index in [1.807, 2.05) is 0 Å². The SMILES string of the molecule is CN(C)C(=O)c1cc(F)c(-c2cnc(Nc3cncc(N4CCCC4=O)c3)cn2)cc1F. The summed E-state index contributed by atoms with van der Waals surface area (Å²) in [6.45, 7) is 0.652. The van der Waals surface area contributed by atoms with E-state index < -0.39 is 17.5 Å². The molecule has 1 aliphatic rings. The molecule has 1 fully saturated rings. The highest BCUT2D eigenvalue weighted by Gasteiger charge is 2.22. The summed E-state index contributed by atoms with van der Waals surface area (Å²) in [5, 5.41) is 3.03. The predicted molar refractivity (Wildman–Crippen MR) is 115 cm³/mol. The van der Waals surface area contributed by atoms with Gasteiger partial charge in [0.1, 0.15) is 17.5 Å². The number of hydrogen-bond donors (Lipinski definition) is 1. The van der Waals surface area contributed by atoms with Crippen molar-refractivity contribution in [3.8, 4) is 11.3 Å². The van der Waals surface area contributed by atoms with Crippen LogP contribution in [0.4, 0.5) is 26.0 Å². The number of halogens is 2. The van der Waals surface area contributed by atoms with Gasteiger partial charge in [0.2, 0.25) is 5.91 Å². The van der Waals surface area contributed by atoms with Gasteiger partial charge >= 0.3 is 0 Å². The van der Waals surface area contributed by atoms with Gasteiger partial charge < -0.3 is 15.1 Å². The summed E-state index contributed by atoms with van der Waals surface area (Å²) in [6, 6.07) is 3.57. The maximum atomic E-state index is 14.5. The minimum atomic E-state index is -0.844. The van der Waals surface area contributed by atoms with Gasteiger partial charge in [-0.2, -0.15) is 0 Å². The average molecular weight is 438 g/mol. The molecule has 0 saturated carbocycles. The van der Waals surface area contributed by atoms with Crippen molar-refractivity contribution in [3.63, 3.8) is 0 Å². The number of benzene rings is 1. The van der Waals surface area contributed by atoms with Crippen molar-refractivity contribution in [1.29, 1.82) is 0 Å². The number of rotatable bonds is 5. The van der Waals surface area contributed by atoms with Gasteiger partial charge in [-0.1, -0.05) is 0 Å². The van der Waals surface area contributed by atoms with Crippen LogP contribution in [0.5, 0.6) is 0 Å². The maximum Gasteiger partial charge on any atom is 0.256 e. The summed E-state index contributed by atoms with van der Waals surface area (Å²) >= 11 is 0. The zero-order chi connectivity index (χ0) is 22.8. The second-order valence-electron chi connectivity index (χ2n) is 7.50. The van der Waals surface area contributed by atoms with Crippen LogP contribution in [-0.4, -0.2) is 52.3 Å². The van der Waals surface area contributed by atoms with Crippen molar-refractivity contribution in [2.45, 2.75) is 12.8 Å². The van der Waals surface area contributed by atoms with E-state index in [0.717, 1.165) is 18.6 Å². The first-order valence-electron chi connectivity index (χ1n) is 9.89. The summed E-state index contributed by atoms with van der Waals surface area (Å²) in [5.41, 5.74) is 0.949. The standard InChI is InChI=1S/C22H20F2N6O2/c1-29(2)22(32)16-8-17(23)15(7-18(16)24)19-11-27-20(12-26-19)28-13-6-14(10-25-9-13)30-5-3-4-21(30)31/h6-12H,3-5H2,1-2H3,(H,27,28). The minimum absolute atomic E-state index is 0.0562. The number of nitrogens with zero attached hydrogens (tertiary/aromatic N) is 5. The van der Waals surface area contributed by atoms with Gasteiger partial charge in [0, 0.05) is 32.6 Å². The van der Waals surface area contributed by atoms with E-state index in [1.54, 1.807) is 23.4 Å². The first-order chi connectivity index (χ1) is 15.3. The molecule has 8 nitrogen and oxygen atoms in total. The summed E-state index contributed by atoms with van der Waals surface area (Å²) in [7, 11) is 2.91. The van der Waals surface area contributed by atoms with E-state index in [2.05, 4.69) is 20.3 Å². The number of nitrogens with one attached hydrogen (secondary N) is 1. The zero-order valence-electron chi connectivity index (χ0n) is 17.5. The average Bonchev–Trinajstić information content (AvgIpc) is 3.21. The van der Waals surface area contributed by atoms with Crippen LogP contribution in [-0.2, 0) is 4.79 Å². The number of hydrogen-bond acceptors (Lipinski definition) is 6. The summed E-state index contributed by atoms with van der Waals surface area (Å²) in [5.74, 6) is -1.84. The van der Waals surface area contributed by atoms with Crippen LogP contribution in [0.15, 0.2) is 43.0 Å². The Morgan fingerprint density at radius 1 is 1.06 bits per heavy atom.